The standard InChI is InChI=1S/C12H12ClF2NO/c13-5-1-2-6-16-12(17)7-9-3-4-10(14)8-11(9)15/h1-4,8H,5-7H2,(H,16,17)/b2-1+. The summed E-state index contributed by atoms with van der Waals surface area (Å²) in [5, 5.41) is 2.56. The van der Waals surface area contributed by atoms with Gasteiger partial charge in [-0.15, -0.1) is 11.6 Å². The van der Waals surface area contributed by atoms with Gasteiger partial charge < -0.3 is 5.32 Å². The molecule has 0 saturated carbocycles. The fourth-order valence-corrected chi connectivity index (χ4v) is 1.35. The van der Waals surface area contributed by atoms with Gasteiger partial charge >= 0.3 is 0 Å². The van der Waals surface area contributed by atoms with Crippen molar-refractivity contribution < 1.29 is 13.6 Å². The molecule has 0 aromatic heterocycles. The van der Waals surface area contributed by atoms with Crippen molar-refractivity contribution in [1.82, 2.24) is 5.32 Å². The van der Waals surface area contributed by atoms with Gasteiger partial charge in [0.1, 0.15) is 11.6 Å². The molecule has 5 heteroatoms. The highest BCUT2D eigenvalue weighted by molar-refractivity contribution is 6.18. The molecule has 0 atom stereocenters. The first-order valence-electron chi connectivity index (χ1n) is 5.05. The molecule has 0 spiro atoms. The Morgan fingerprint density at radius 2 is 2.12 bits per heavy atom. The predicted molar refractivity (Wildman–Crippen MR) is 62.9 cm³/mol. The number of hydrogen-bond acceptors (Lipinski definition) is 1. The lowest BCUT2D eigenvalue weighted by atomic mass is 10.1. The van der Waals surface area contributed by atoms with Crippen LogP contribution in [-0.2, 0) is 11.2 Å². The molecule has 2 nitrogen and oxygen atoms in total. The van der Waals surface area contributed by atoms with Crippen molar-refractivity contribution in [1.29, 1.82) is 0 Å². The highest BCUT2D eigenvalue weighted by atomic mass is 35.5. The number of allylic oxidation sites excluding steroid dienone is 1. The number of alkyl halides is 1. The first-order valence-corrected chi connectivity index (χ1v) is 5.58. The molecule has 0 bridgehead atoms. The molecule has 1 rings (SSSR count). The van der Waals surface area contributed by atoms with Crippen LogP contribution in [0, 0.1) is 11.6 Å². The maximum atomic E-state index is 13.2. The normalized spacial score (nSPS) is 10.8. The summed E-state index contributed by atoms with van der Waals surface area (Å²) in [6, 6.07) is 3.15. The Morgan fingerprint density at radius 1 is 1.35 bits per heavy atom. The molecule has 17 heavy (non-hydrogen) atoms. The molecule has 0 aliphatic carbocycles. The number of nitrogens with one attached hydrogen (secondary N) is 1. The molecule has 0 fully saturated rings. The van der Waals surface area contributed by atoms with E-state index in [1.807, 2.05) is 0 Å². The zero-order chi connectivity index (χ0) is 12.7. The largest absolute Gasteiger partial charge is 0.352 e. The van der Waals surface area contributed by atoms with Crippen LogP contribution in [0.3, 0.4) is 0 Å². The number of halogens is 3. The quantitative estimate of drug-likeness (QED) is 0.639. The molecule has 0 aliphatic heterocycles. The van der Waals surface area contributed by atoms with Crippen LogP contribution in [0.2, 0.25) is 0 Å². The topological polar surface area (TPSA) is 29.1 Å². The monoisotopic (exact) mass is 259 g/mol. The van der Waals surface area contributed by atoms with Crippen LogP contribution in [0.5, 0.6) is 0 Å². The number of rotatable bonds is 5. The smallest absolute Gasteiger partial charge is 0.224 e. The summed E-state index contributed by atoms with van der Waals surface area (Å²) < 4.78 is 25.8. The van der Waals surface area contributed by atoms with Gasteiger partial charge in [0.25, 0.3) is 0 Å². The Balaban J connectivity index is 2.48. The highest BCUT2D eigenvalue weighted by Crippen LogP contribution is 2.09. The van der Waals surface area contributed by atoms with E-state index in [0.29, 0.717) is 12.4 Å². The van der Waals surface area contributed by atoms with Gasteiger partial charge in [-0.25, -0.2) is 8.78 Å². The molecule has 0 aliphatic rings. The Bertz CT molecular complexity index is 421. The molecule has 1 aromatic carbocycles. The van der Waals surface area contributed by atoms with Crippen LogP contribution >= 0.6 is 11.6 Å². The second-order valence-corrected chi connectivity index (χ2v) is 3.65. The summed E-state index contributed by atoms with van der Waals surface area (Å²) in [4.78, 5) is 11.4. The van der Waals surface area contributed by atoms with E-state index in [9.17, 15) is 13.6 Å². The Morgan fingerprint density at radius 3 is 2.76 bits per heavy atom. The molecule has 92 valence electrons. The van der Waals surface area contributed by atoms with Crippen molar-refractivity contribution in [2.75, 3.05) is 12.4 Å². The minimum atomic E-state index is -0.712. The maximum Gasteiger partial charge on any atom is 0.224 e. The van der Waals surface area contributed by atoms with Crippen LogP contribution in [0.15, 0.2) is 30.4 Å². The maximum absolute atomic E-state index is 13.2. The molecule has 0 saturated heterocycles. The van der Waals surface area contributed by atoms with E-state index in [2.05, 4.69) is 5.32 Å². The SMILES string of the molecule is O=C(Cc1ccc(F)cc1F)NC/C=C/CCl. The molecule has 0 radical (unpaired) electrons. The number of carbonyl (C=O) groups is 1. The van der Waals surface area contributed by atoms with Crippen LogP contribution in [0.25, 0.3) is 0 Å². The summed E-state index contributed by atoms with van der Waals surface area (Å²) in [5.74, 6) is -1.31. The lowest BCUT2D eigenvalue weighted by Crippen LogP contribution is -2.25. The van der Waals surface area contributed by atoms with Gasteiger partial charge in [0.15, 0.2) is 0 Å². The summed E-state index contributed by atoms with van der Waals surface area (Å²) in [6.45, 7) is 0.342. The van der Waals surface area contributed by atoms with Gasteiger partial charge in [0, 0.05) is 18.5 Å². The Kier molecular flexibility index (Phi) is 5.63. The number of hydrogen-bond donors (Lipinski definition) is 1. The van der Waals surface area contributed by atoms with Gasteiger partial charge in [-0.3, -0.25) is 4.79 Å². The van der Waals surface area contributed by atoms with Crippen molar-refractivity contribution in [3.63, 3.8) is 0 Å². The van der Waals surface area contributed by atoms with E-state index in [-0.39, 0.29) is 17.9 Å². The summed E-state index contributed by atoms with van der Waals surface area (Å²) >= 11 is 5.40. The van der Waals surface area contributed by atoms with Crippen LogP contribution < -0.4 is 5.32 Å². The third-order valence-corrected chi connectivity index (χ3v) is 2.22. The zero-order valence-electron chi connectivity index (χ0n) is 9.05. The van der Waals surface area contributed by atoms with Crippen LogP contribution in [-0.4, -0.2) is 18.3 Å². The van der Waals surface area contributed by atoms with E-state index in [1.54, 1.807) is 12.2 Å². The van der Waals surface area contributed by atoms with Crippen molar-refractivity contribution >= 4 is 17.5 Å². The van der Waals surface area contributed by atoms with Gasteiger partial charge in [-0.1, -0.05) is 18.2 Å². The first kappa shape index (κ1) is 13.6. The van der Waals surface area contributed by atoms with Crippen molar-refractivity contribution in [2.45, 2.75) is 6.42 Å². The minimum absolute atomic E-state index is 0.110. The number of benzene rings is 1. The second-order valence-electron chi connectivity index (χ2n) is 3.34. The average Bonchev–Trinajstić information content (AvgIpc) is 2.28. The molecule has 1 amide bonds. The summed E-state index contributed by atoms with van der Waals surface area (Å²) in [6.07, 6.45) is 3.28. The molecular weight excluding hydrogens is 248 g/mol. The van der Waals surface area contributed by atoms with Gasteiger partial charge in [0.2, 0.25) is 5.91 Å². The summed E-state index contributed by atoms with van der Waals surface area (Å²) in [5.41, 5.74) is 0.172. The van der Waals surface area contributed by atoms with E-state index < -0.39 is 11.6 Å². The second kappa shape index (κ2) is 7.01. The van der Waals surface area contributed by atoms with Gasteiger partial charge in [0.05, 0.1) is 6.42 Å². The van der Waals surface area contributed by atoms with E-state index in [1.165, 1.54) is 6.07 Å². The van der Waals surface area contributed by atoms with Gasteiger partial charge in [-0.2, -0.15) is 0 Å². The number of amides is 1. The summed E-state index contributed by atoms with van der Waals surface area (Å²) in [7, 11) is 0. The fourth-order valence-electron chi connectivity index (χ4n) is 1.22. The number of carbonyl (C=O) groups excluding carboxylic acids is 1. The third kappa shape index (κ3) is 4.95. The van der Waals surface area contributed by atoms with E-state index >= 15 is 0 Å². The molecule has 0 heterocycles. The van der Waals surface area contributed by atoms with Crippen molar-refractivity contribution in [3.05, 3.63) is 47.5 Å². The van der Waals surface area contributed by atoms with E-state index in [4.69, 9.17) is 11.6 Å². The lowest BCUT2D eigenvalue weighted by Gasteiger charge is -2.04. The molecule has 1 N–H and O–H groups in total. The predicted octanol–water partition coefficient (Wildman–Crippen LogP) is 2.42. The molecule has 1 aromatic rings. The Hall–Kier alpha value is -1.42. The zero-order valence-corrected chi connectivity index (χ0v) is 9.81. The Labute approximate surface area is 103 Å². The van der Waals surface area contributed by atoms with Crippen molar-refractivity contribution in [2.24, 2.45) is 0 Å². The van der Waals surface area contributed by atoms with E-state index in [0.717, 1.165) is 12.1 Å². The fraction of sp³-hybridized carbons (Fsp3) is 0.250. The average molecular weight is 260 g/mol. The van der Waals surface area contributed by atoms with Crippen molar-refractivity contribution in [3.8, 4) is 0 Å². The lowest BCUT2D eigenvalue weighted by molar-refractivity contribution is -0.120. The van der Waals surface area contributed by atoms with Crippen LogP contribution in [0.4, 0.5) is 8.78 Å². The molecule has 0 unspecified atom stereocenters. The first-order chi connectivity index (χ1) is 8.13. The highest BCUT2D eigenvalue weighted by Gasteiger charge is 2.08. The molecular formula is C12H12ClF2NO. The third-order valence-electron chi connectivity index (χ3n) is 2.04. The van der Waals surface area contributed by atoms with Gasteiger partial charge in [-0.05, 0) is 11.6 Å². The minimum Gasteiger partial charge on any atom is -0.352 e. The van der Waals surface area contributed by atoms with Crippen LogP contribution in [0.1, 0.15) is 5.56 Å².